The number of alkyl halides is 9. The van der Waals surface area contributed by atoms with Crippen molar-refractivity contribution in [1.29, 1.82) is 0 Å². The van der Waals surface area contributed by atoms with Gasteiger partial charge in [0.05, 0.1) is 0 Å². The van der Waals surface area contributed by atoms with E-state index in [1.165, 1.54) is 10.3 Å². The van der Waals surface area contributed by atoms with Crippen molar-refractivity contribution in [1.82, 2.24) is 0 Å². The van der Waals surface area contributed by atoms with Crippen molar-refractivity contribution in [3.63, 3.8) is 0 Å². The van der Waals surface area contributed by atoms with Gasteiger partial charge in [-0.1, -0.05) is 0 Å². The van der Waals surface area contributed by atoms with Crippen molar-refractivity contribution in [2.24, 2.45) is 9.98 Å². The second-order valence-corrected chi connectivity index (χ2v) is 3.09. The Kier molecular flexibility index (Phi) is 3.23. The van der Waals surface area contributed by atoms with E-state index in [9.17, 15) is 43.9 Å². The van der Waals surface area contributed by atoms with Gasteiger partial charge in [0.15, 0.2) is 0 Å². The molecule has 0 aliphatic carbocycles. The molecule has 0 spiro atoms. The maximum Gasteiger partial charge on any atom is 0.429 e. The van der Waals surface area contributed by atoms with Crippen LogP contribution in [0.15, 0.2) is 9.98 Å². The average Bonchev–Trinajstić information content (AvgIpc) is 2.11. The molecule has 0 aromatic carbocycles. The van der Waals surface area contributed by atoms with E-state index in [0.29, 0.717) is 0 Å². The van der Waals surface area contributed by atoms with Crippen molar-refractivity contribution < 1.29 is 43.9 Å². The summed E-state index contributed by atoms with van der Waals surface area (Å²) in [5.41, 5.74) is -5.56. The average molecular weight is 304 g/mol. The Hall–Kier alpha value is -1.56. The zero-order valence-corrected chi connectivity index (χ0v) is 8.12. The van der Waals surface area contributed by atoms with E-state index in [1.807, 2.05) is 0 Å². The lowest BCUT2D eigenvalue weighted by molar-refractivity contribution is -0.281. The summed E-state index contributed by atoms with van der Waals surface area (Å²) < 4.78 is 123. The van der Waals surface area contributed by atoms with Gasteiger partial charge < -0.3 is 10.3 Å². The van der Waals surface area contributed by atoms with Gasteiger partial charge in [0, 0.05) is 0 Å². The first-order valence-corrected chi connectivity index (χ1v) is 3.98. The van der Waals surface area contributed by atoms with Crippen LogP contribution in [-0.2, 0) is 0 Å². The van der Waals surface area contributed by atoms with E-state index in [2.05, 4.69) is 0 Å². The van der Waals surface area contributed by atoms with Crippen LogP contribution in [0.3, 0.4) is 0 Å². The molecule has 19 heavy (non-hydrogen) atoms. The number of hydrogen-bond acceptors (Lipinski definition) is 2. The molecule has 1 aliphatic heterocycles. The van der Waals surface area contributed by atoms with Crippen molar-refractivity contribution in [3.05, 3.63) is 5.32 Å². The first-order valence-electron chi connectivity index (χ1n) is 3.98. The van der Waals surface area contributed by atoms with E-state index >= 15 is 0 Å². The molecule has 0 atom stereocenters. The lowest BCUT2D eigenvalue weighted by Crippen LogP contribution is -2.57. The SMILES string of the molecule is FC1=NC(C(F)(F)F)=NC(C(F)(F)F)(C(F)(F)F)[N-]1. The standard InChI is InChI=1S/C6F10N3/c7-2-17-1(3(8,9)10)18-4(19-2,5(11,12)13)6(14,15)16/q-1. The molecule has 0 bridgehead atoms. The molecule has 110 valence electrons. The predicted octanol–water partition coefficient (Wildman–Crippen LogP) is 3.48. The molecule has 0 amide bonds. The van der Waals surface area contributed by atoms with E-state index in [4.69, 9.17) is 0 Å². The van der Waals surface area contributed by atoms with E-state index in [0.717, 1.165) is 0 Å². The van der Waals surface area contributed by atoms with Crippen LogP contribution in [0.2, 0.25) is 0 Å². The minimum atomic E-state index is -6.42. The van der Waals surface area contributed by atoms with E-state index in [1.54, 1.807) is 4.99 Å². The molecule has 0 aromatic heterocycles. The van der Waals surface area contributed by atoms with Gasteiger partial charge in [-0.25, -0.2) is 4.39 Å². The van der Waals surface area contributed by atoms with Gasteiger partial charge in [-0.3, -0.25) is 4.99 Å². The predicted molar refractivity (Wildman–Crippen MR) is 40.2 cm³/mol. The fourth-order valence-corrected chi connectivity index (χ4v) is 0.990. The van der Waals surface area contributed by atoms with Crippen LogP contribution >= 0.6 is 0 Å². The van der Waals surface area contributed by atoms with E-state index < -0.39 is 36.1 Å². The third-order valence-corrected chi connectivity index (χ3v) is 1.76. The summed E-state index contributed by atoms with van der Waals surface area (Å²) in [7, 11) is 0. The first kappa shape index (κ1) is 15.5. The number of aliphatic imine (C=N–C) groups is 2. The summed E-state index contributed by atoms with van der Waals surface area (Å²) in [4.78, 5) is 3.21. The summed E-state index contributed by atoms with van der Waals surface area (Å²) in [5.74, 6) is -2.91. The minimum Gasteiger partial charge on any atom is -0.399 e. The molecule has 0 aromatic rings. The van der Waals surface area contributed by atoms with Crippen LogP contribution in [0.5, 0.6) is 0 Å². The summed E-state index contributed by atoms with van der Waals surface area (Å²) >= 11 is 0. The van der Waals surface area contributed by atoms with Crippen molar-refractivity contribution in [2.75, 3.05) is 0 Å². The number of halogens is 10. The molecule has 0 fully saturated rings. The Labute approximate surface area is 96.6 Å². The maximum atomic E-state index is 12.5. The van der Waals surface area contributed by atoms with Crippen molar-refractivity contribution in [3.8, 4) is 0 Å². The van der Waals surface area contributed by atoms with Crippen LogP contribution in [0.1, 0.15) is 0 Å². The smallest absolute Gasteiger partial charge is 0.399 e. The second kappa shape index (κ2) is 3.96. The van der Waals surface area contributed by atoms with Gasteiger partial charge in [-0.2, -0.15) is 39.5 Å². The molecule has 1 rings (SSSR count). The zero-order valence-electron chi connectivity index (χ0n) is 8.12. The van der Waals surface area contributed by atoms with Crippen molar-refractivity contribution in [2.45, 2.75) is 24.2 Å². The number of rotatable bonds is 0. The molecule has 0 N–H and O–H groups in total. The highest BCUT2D eigenvalue weighted by Gasteiger charge is 2.70. The highest BCUT2D eigenvalue weighted by Crippen LogP contribution is 2.51. The highest BCUT2D eigenvalue weighted by molar-refractivity contribution is 6.04. The molecule has 1 aliphatic rings. The highest BCUT2D eigenvalue weighted by atomic mass is 19.4. The quantitative estimate of drug-likeness (QED) is 0.485. The lowest BCUT2D eigenvalue weighted by Gasteiger charge is -2.41. The van der Waals surface area contributed by atoms with Gasteiger partial charge in [0.25, 0.3) is 5.66 Å². The largest absolute Gasteiger partial charge is 0.429 e. The van der Waals surface area contributed by atoms with Gasteiger partial charge in [-0.05, 0) is 0 Å². The second-order valence-electron chi connectivity index (χ2n) is 3.09. The number of nitrogens with zero attached hydrogens (tertiary/aromatic N) is 3. The maximum absolute atomic E-state index is 12.5. The Morgan fingerprint density at radius 2 is 1.26 bits per heavy atom. The molecular weight excluding hydrogens is 304 g/mol. The fourth-order valence-electron chi connectivity index (χ4n) is 0.990. The van der Waals surface area contributed by atoms with Crippen LogP contribution in [0.4, 0.5) is 43.9 Å². The van der Waals surface area contributed by atoms with Crippen molar-refractivity contribution >= 4 is 11.9 Å². The molecule has 0 saturated carbocycles. The molecule has 3 nitrogen and oxygen atoms in total. The van der Waals surface area contributed by atoms with Crippen LogP contribution in [-0.4, -0.2) is 36.1 Å². The molecular formula is C6F10N3-. The van der Waals surface area contributed by atoms with Gasteiger partial charge in [-0.15, -0.1) is 0 Å². The fraction of sp³-hybridized carbons (Fsp3) is 0.667. The van der Waals surface area contributed by atoms with Crippen LogP contribution < -0.4 is 0 Å². The zero-order chi connectivity index (χ0) is 15.3. The normalized spacial score (nSPS) is 20.5. The first-order chi connectivity index (χ1) is 8.21. The molecule has 1 heterocycles. The summed E-state index contributed by atoms with van der Waals surface area (Å²) in [6, 6.07) is 0. The Morgan fingerprint density at radius 1 is 0.842 bits per heavy atom. The van der Waals surface area contributed by atoms with E-state index in [-0.39, 0.29) is 0 Å². The topological polar surface area (TPSA) is 38.8 Å². The Bertz CT molecular complexity index is 410. The third-order valence-electron chi connectivity index (χ3n) is 1.76. The minimum absolute atomic E-state index is 1.42. The number of hydrogen-bond donors (Lipinski definition) is 0. The van der Waals surface area contributed by atoms with Gasteiger partial charge in [0.2, 0.25) is 0 Å². The molecule has 13 heteroatoms. The lowest BCUT2D eigenvalue weighted by atomic mass is 10.1. The molecule has 0 radical (unpaired) electrons. The summed E-state index contributed by atoms with van der Waals surface area (Å²) in [5, 5.41) is 1.47. The Morgan fingerprint density at radius 3 is 1.58 bits per heavy atom. The number of amidine groups is 2. The van der Waals surface area contributed by atoms with Gasteiger partial charge >= 0.3 is 18.5 Å². The van der Waals surface area contributed by atoms with Crippen LogP contribution in [0.25, 0.3) is 5.32 Å². The molecule has 0 saturated heterocycles. The Balaban J connectivity index is 3.53. The van der Waals surface area contributed by atoms with Crippen LogP contribution in [0, 0.1) is 0 Å². The summed E-state index contributed by atoms with van der Waals surface area (Å²) in [6.45, 7) is 0. The molecule has 0 unspecified atom stereocenters. The van der Waals surface area contributed by atoms with Gasteiger partial charge in [0.1, 0.15) is 11.9 Å². The third kappa shape index (κ3) is 2.58. The monoisotopic (exact) mass is 304 g/mol. The summed E-state index contributed by atoms with van der Waals surface area (Å²) in [6.07, 6.45) is -21.5.